The summed E-state index contributed by atoms with van der Waals surface area (Å²) in [5, 5.41) is 10.4. The highest BCUT2D eigenvalue weighted by atomic mass is 31.2. The van der Waals surface area contributed by atoms with Gasteiger partial charge in [-0.05, 0) is 37.5 Å². The summed E-state index contributed by atoms with van der Waals surface area (Å²) >= 11 is 0. The molecule has 3 N–H and O–H groups in total. The Labute approximate surface area is 441 Å². The number of rotatable bonds is 53. The van der Waals surface area contributed by atoms with Gasteiger partial charge in [0.25, 0.3) is 0 Å². The average molecular weight is 1090 g/mol. The third-order valence-electron chi connectivity index (χ3n) is 12.2. The van der Waals surface area contributed by atoms with Gasteiger partial charge < -0.3 is 33.8 Å². The molecular weight excluding hydrogens is 983 g/mol. The van der Waals surface area contributed by atoms with Crippen LogP contribution in [-0.4, -0.2) is 96.7 Å². The zero-order valence-electron chi connectivity index (χ0n) is 46.4. The number of esters is 4. The second-order valence-corrected chi connectivity index (χ2v) is 23.5. The van der Waals surface area contributed by atoms with Gasteiger partial charge in [-0.2, -0.15) is 0 Å². The molecule has 0 rings (SSSR count). The van der Waals surface area contributed by atoms with Gasteiger partial charge in [-0.25, -0.2) is 9.13 Å². The maximum absolute atomic E-state index is 12.9. The van der Waals surface area contributed by atoms with Crippen LogP contribution in [0.1, 0.15) is 253 Å². The maximum Gasteiger partial charge on any atom is 0.472 e. The Morgan fingerprint density at radius 3 is 0.932 bits per heavy atom. The van der Waals surface area contributed by atoms with E-state index in [1.807, 2.05) is 0 Å². The smallest absolute Gasteiger partial charge is 0.462 e. The highest BCUT2D eigenvalue weighted by molar-refractivity contribution is 7.47. The molecule has 0 aliphatic heterocycles. The molecule has 0 saturated carbocycles. The van der Waals surface area contributed by atoms with Gasteiger partial charge in [0.15, 0.2) is 12.2 Å². The predicted molar refractivity (Wildman–Crippen MR) is 285 cm³/mol. The van der Waals surface area contributed by atoms with Crippen molar-refractivity contribution in [1.29, 1.82) is 0 Å². The van der Waals surface area contributed by atoms with Crippen molar-refractivity contribution in [1.82, 2.24) is 0 Å². The molecule has 19 heteroatoms. The first-order chi connectivity index (χ1) is 34.9. The first-order valence-corrected chi connectivity index (χ1v) is 31.5. The molecular formula is C54H104O17P2. The van der Waals surface area contributed by atoms with Crippen LogP contribution in [0.25, 0.3) is 0 Å². The van der Waals surface area contributed by atoms with E-state index in [1.165, 1.54) is 44.9 Å². The molecule has 0 saturated heterocycles. The standard InChI is InChI=1S/C54H104O17P2/c1-7-9-11-13-17-26-32-38-53(58)70-49(42-64-51(56)36-30-22-12-10-8-2)44-68-72(60,61)66-40-48(55)41-67-73(62,63)69-45-50(43-65-52(57)37-31-25-21-16-19-24-29-35-47(5)6)71-54(59)39-33-27-20-15-14-18-23-28-34-46(3)4/h46-50,55H,7-45H2,1-6H3,(H,60,61)(H,62,63)/t48-,49+,50+/m0/s1. The lowest BCUT2D eigenvalue weighted by molar-refractivity contribution is -0.161. The molecule has 0 bridgehead atoms. The van der Waals surface area contributed by atoms with E-state index in [9.17, 15) is 43.2 Å². The molecule has 0 aromatic heterocycles. The second kappa shape index (κ2) is 47.3. The average Bonchev–Trinajstić information content (AvgIpc) is 3.33. The van der Waals surface area contributed by atoms with Gasteiger partial charge in [0.2, 0.25) is 0 Å². The lowest BCUT2D eigenvalue weighted by Crippen LogP contribution is -2.30. The Morgan fingerprint density at radius 2 is 0.630 bits per heavy atom. The van der Waals surface area contributed by atoms with E-state index in [0.29, 0.717) is 31.6 Å². The van der Waals surface area contributed by atoms with Crippen LogP contribution >= 0.6 is 15.6 Å². The highest BCUT2D eigenvalue weighted by Crippen LogP contribution is 2.45. The van der Waals surface area contributed by atoms with Crippen LogP contribution in [0, 0.1) is 11.8 Å². The van der Waals surface area contributed by atoms with Gasteiger partial charge in [0.05, 0.1) is 26.4 Å². The van der Waals surface area contributed by atoms with Crippen LogP contribution in [-0.2, 0) is 65.4 Å². The molecule has 432 valence electrons. The third kappa shape index (κ3) is 49.4. The second-order valence-electron chi connectivity index (χ2n) is 20.6. The molecule has 0 aliphatic rings. The van der Waals surface area contributed by atoms with Crippen molar-refractivity contribution in [2.45, 2.75) is 272 Å². The minimum Gasteiger partial charge on any atom is -0.462 e. The molecule has 73 heavy (non-hydrogen) atoms. The number of phosphoric ester groups is 2. The molecule has 2 unspecified atom stereocenters. The Morgan fingerprint density at radius 1 is 0.370 bits per heavy atom. The van der Waals surface area contributed by atoms with Gasteiger partial charge in [-0.3, -0.25) is 37.3 Å². The molecule has 5 atom stereocenters. The Kier molecular flexibility index (Phi) is 46.0. The Hall–Kier alpha value is -1.94. The first-order valence-electron chi connectivity index (χ1n) is 28.5. The summed E-state index contributed by atoms with van der Waals surface area (Å²) < 4.78 is 67.2. The molecule has 0 amide bonds. The number of unbranched alkanes of at least 4 members (excludes halogenated alkanes) is 23. The van der Waals surface area contributed by atoms with Crippen LogP contribution < -0.4 is 0 Å². The summed E-state index contributed by atoms with van der Waals surface area (Å²) in [5.74, 6) is -0.743. The van der Waals surface area contributed by atoms with E-state index in [0.717, 1.165) is 121 Å². The van der Waals surface area contributed by atoms with Crippen molar-refractivity contribution < 1.29 is 80.2 Å². The fourth-order valence-corrected chi connectivity index (χ4v) is 9.34. The quantitative estimate of drug-likeness (QED) is 0.0222. The van der Waals surface area contributed by atoms with Gasteiger partial charge in [-0.15, -0.1) is 0 Å². The normalized spacial score (nSPS) is 14.6. The number of aliphatic hydroxyl groups is 1. The molecule has 0 fully saturated rings. The fraction of sp³-hybridized carbons (Fsp3) is 0.926. The Bertz CT molecular complexity index is 1460. The van der Waals surface area contributed by atoms with Gasteiger partial charge in [0, 0.05) is 25.7 Å². The van der Waals surface area contributed by atoms with E-state index in [2.05, 4.69) is 41.5 Å². The zero-order chi connectivity index (χ0) is 54.4. The lowest BCUT2D eigenvalue weighted by Gasteiger charge is -2.21. The number of ether oxygens (including phenoxy) is 4. The number of hydrogen-bond acceptors (Lipinski definition) is 15. The van der Waals surface area contributed by atoms with Crippen molar-refractivity contribution in [2.24, 2.45) is 11.8 Å². The topological polar surface area (TPSA) is 237 Å². The number of carbonyl (C=O) groups is 4. The highest BCUT2D eigenvalue weighted by Gasteiger charge is 2.30. The maximum atomic E-state index is 12.9. The minimum atomic E-state index is -4.93. The summed E-state index contributed by atoms with van der Waals surface area (Å²) in [6.07, 6.45) is 25.9. The van der Waals surface area contributed by atoms with Crippen molar-refractivity contribution in [2.75, 3.05) is 39.6 Å². The number of phosphoric acid groups is 2. The number of aliphatic hydroxyl groups excluding tert-OH is 1. The SMILES string of the molecule is CCCCCCCCCC(=O)O[C@H](COC(=O)CCCCCCC)COP(=O)(O)OC[C@H](O)COP(=O)(O)OC[C@@H](COC(=O)CCCCCCCCCC(C)C)OC(=O)CCCCCCCCCCC(C)C. The van der Waals surface area contributed by atoms with E-state index in [4.69, 9.17) is 37.0 Å². The van der Waals surface area contributed by atoms with Gasteiger partial charge in [-0.1, -0.05) is 202 Å². The van der Waals surface area contributed by atoms with Crippen molar-refractivity contribution in [3.8, 4) is 0 Å². The van der Waals surface area contributed by atoms with Gasteiger partial charge in [0.1, 0.15) is 19.3 Å². The van der Waals surface area contributed by atoms with Crippen LogP contribution in [0.15, 0.2) is 0 Å². The fourth-order valence-electron chi connectivity index (χ4n) is 7.76. The first kappa shape index (κ1) is 71.1. The monoisotopic (exact) mass is 1090 g/mol. The summed E-state index contributed by atoms with van der Waals surface area (Å²) in [6, 6.07) is 0. The Balaban J connectivity index is 5.18. The zero-order valence-corrected chi connectivity index (χ0v) is 48.2. The molecule has 0 radical (unpaired) electrons. The van der Waals surface area contributed by atoms with Crippen LogP contribution in [0.4, 0.5) is 0 Å². The largest absolute Gasteiger partial charge is 0.472 e. The van der Waals surface area contributed by atoms with Crippen LogP contribution in [0.5, 0.6) is 0 Å². The minimum absolute atomic E-state index is 0.102. The van der Waals surface area contributed by atoms with Crippen molar-refractivity contribution >= 4 is 39.5 Å². The lowest BCUT2D eigenvalue weighted by atomic mass is 10.0. The molecule has 0 spiro atoms. The van der Waals surface area contributed by atoms with E-state index in [-0.39, 0.29) is 25.7 Å². The summed E-state index contributed by atoms with van der Waals surface area (Å²) in [7, 11) is -9.85. The van der Waals surface area contributed by atoms with Crippen molar-refractivity contribution in [3.05, 3.63) is 0 Å². The van der Waals surface area contributed by atoms with Crippen LogP contribution in [0.3, 0.4) is 0 Å². The molecule has 0 aromatic rings. The van der Waals surface area contributed by atoms with E-state index >= 15 is 0 Å². The summed E-state index contributed by atoms with van der Waals surface area (Å²) in [5.41, 5.74) is 0. The van der Waals surface area contributed by atoms with E-state index < -0.39 is 97.5 Å². The predicted octanol–water partition coefficient (Wildman–Crippen LogP) is 13.7. The molecule has 0 heterocycles. The number of carbonyl (C=O) groups excluding carboxylic acids is 4. The summed E-state index contributed by atoms with van der Waals surface area (Å²) in [4.78, 5) is 71.3. The molecule has 17 nitrogen and oxygen atoms in total. The van der Waals surface area contributed by atoms with Crippen LogP contribution in [0.2, 0.25) is 0 Å². The summed E-state index contributed by atoms with van der Waals surface area (Å²) in [6.45, 7) is 9.18. The van der Waals surface area contributed by atoms with Crippen molar-refractivity contribution in [3.63, 3.8) is 0 Å². The molecule has 0 aromatic carbocycles. The molecule has 0 aliphatic carbocycles. The van der Waals surface area contributed by atoms with E-state index in [1.54, 1.807) is 0 Å². The number of hydrogen-bond donors (Lipinski definition) is 3. The van der Waals surface area contributed by atoms with Gasteiger partial charge >= 0.3 is 39.5 Å². The third-order valence-corrected chi connectivity index (χ3v) is 14.1.